The van der Waals surface area contributed by atoms with Gasteiger partial charge in [0, 0.05) is 24.5 Å². The van der Waals surface area contributed by atoms with E-state index < -0.39 is 12.0 Å². The van der Waals surface area contributed by atoms with E-state index in [1.54, 1.807) is 6.92 Å². The molecule has 0 radical (unpaired) electrons. The molecule has 0 fully saturated rings. The van der Waals surface area contributed by atoms with E-state index in [2.05, 4.69) is 20.6 Å². The molecule has 3 aromatic rings. The average Bonchev–Trinajstić information content (AvgIpc) is 3.36. The molecule has 0 aliphatic carbocycles. The zero-order valence-electron chi connectivity index (χ0n) is 17.2. The SMILES string of the molecule is CCn1cc(Cn2nc(C)c(NC(=O)C(C)n3cc(C(=O)O)cn3)c2C)c(C)n1. The van der Waals surface area contributed by atoms with Gasteiger partial charge in [0.1, 0.15) is 6.04 Å². The summed E-state index contributed by atoms with van der Waals surface area (Å²) in [5.41, 5.74) is 4.24. The van der Waals surface area contributed by atoms with E-state index >= 15 is 0 Å². The van der Waals surface area contributed by atoms with Gasteiger partial charge in [-0.25, -0.2) is 4.79 Å². The molecule has 0 aliphatic heterocycles. The van der Waals surface area contributed by atoms with E-state index in [-0.39, 0.29) is 11.5 Å². The molecular weight excluding hydrogens is 374 g/mol. The first-order chi connectivity index (χ1) is 13.7. The molecule has 0 saturated heterocycles. The number of aromatic nitrogens is 6. The van der Waals surface area contributed by atoms with E-state index in [0.29, 0.717) is 17.9 Å². The monoisotopic (exact) mass is 399 g/mol. The smallest absolute Gasteiger partial charge is 0.338 e. The Balaban J connectivity index is 1.77. The van der Waals surface area contributed by atoms with Gasteiger partial charge < -0.3 is 10.4 Å². The number of carbonyl (C=O) groups excluding carboxylic acids is 1. The van der Waals surface area contributed by atoms with Gasteiger partial charge in [0.05, 0.1) is 41.1 Å². The fraction of sp³-hybridized carbons (Fsp3) is 0.421. The van der Waals surface area contributed by atoms with Gasteiger partial charge in [-0.05, 0) is 34.6 Å². The molecule has 3 rings (SSSR count). The number of amides is 1. The minimum Gasteiger partial charge on any atom is -0.478 e. The maximum atomic E-state index is 12.7. The highest BCUT2D eigenvalue weighted by atomic mass is 16.4. The number of hydrogen-bond acceptors (Lipinski definition) is 5. The zero-order chi connectivity index (χ0) is 21.3. The summed E-state index contributed by atoms with van der Waals surface area (Å²) < 4.78 is 5.06. The lowest BCUT2D eigenvalue weighted by molar-refractivity contribution is -0.119. The molecule has 3 aromatic heterocycles. The first kappa shape index (κ1) is 20.3. The first-order valence-electron chi connectivity index (χ1n) is 9.36. The number of carboxylic acid groups (broad SMARTS) is 1. The Morgan fingerprint density at radius 1 is 1.17 bits per heavy atom. The van der Waals surface area contributed by atoms with Gasteiger partial charge in [-0.15, -0.1) is 0 Å². The maximum absolute atomic E-state index is 12.7. The van der Waals surface area contributed by atoms with Crippen molar-refractivity contribution in [2.45, 2.75) is 53.8 Å². The van der Waals surface area contributed by atoms with Crippen LogP contribution in [0.15, 0.2) is 18.6 Å². The fourth-order valence-electron chi connectivity index (χ4n) is 3.08. The van der Waals surface area contributed by atoms with Crippen molar-refractivity contribution in [2.75, 3.05) is 5.32 Å². The van der Waals surface area contributed by atoms with Gasteiger partial charge in [-0.2, -0.15) is 15.3 Å². The van der Waals surface area contributed by atoms with Crippen LogP contribution < -0.4 is 5.32 Å². The van der Waals surface area contributed by atoms with Crippen LogP contribution >= 0.6 is 0 Å². The second-order valence-corrected chi connectivity index (χ2v) is 6.98. The molecule has 10 nitrogen and oxygen atoms in total. The summed E-state index contributed by atoms with van der Waals surface area (Å²) in [7, 11) is 0. The van der Waals surface area contributed by atoms with Crippen LogP contribution in [0.4, 0.5) is 5.69 Å². The molecule has 0 bridgehead atoms. The van der Waals surface area contributed by atoms with Crippen molar-refractivity contribution >= 4 is 17.6 Å². The van der Waals surface area contributed by atoms with Crippen molar-refractivity contribution < 1.29 is 14.7 Å². The van der Waals surface area contributed by atoms with Crippen LogP contribution in [-0.2, 0) is 17.9 Å². The second-order valence-electron chi connectivity index (χ2n) is 6.98. The molecular formula is C19H25N7O3. The quantitative estimate of drug-likeness (QED) is 0.628. The van der Waals surface area contributed by atoms with Crippen molar-refractivity contribution in [1.29, 1.82) is 0 Å². The number of rotatable bonds is 7. The number of aryl methyl sites for hydroxylation is 3. The summed E-state index contributed by atoms with van der Waals surface area (Å²) in [5.74, 6) is -1.38. The van der Waals surface area contributed by atoms with E-state index in [9.17, 15) is 9.59 Å². The molecule has 1 atom stereocenters. The Bertz CT molecular complexity index is 1060. The highest BCUT2D eigenvalue weighted by molar-refractivity contribution is 5.94. The largest absolute Gasteiger partial charge is 0.478 e. The van der Waals surface area contributed by atoms with Crippen molar-refractivity contribution in [2.24, 2.45) is 0 Å². The highest BCUT2D eigenvalue weighted by Crippen LogP contribution is 2.22. The van der Waals surface area contributed by atoms with Gasteiger partial charge >= 0.3 is 5.97 Å². The first-order valence-corrected chi connectivity index (χ1v) is 9.36. The Hall–Kier alpha value is -3.43. The van der Waals surface area contributed by atoms with Crippen molar-refractivity contribution in [3.63, 3.8) is 0 Å². The Morgan fingerprint density at radius 3 is 2.48 bits per heavy atom. The predicted molar refractivity (Wildman–Crippen MR) is 106 cm³/mol. The summed E-state index contributed by atoms with van der Waals surface area (Å²) in [6, 6.07) is -0.671. The third kappa shape index (κ3) is 4.05. The molecule has 0 aromatic carbocycles. The lowest BCUT2D eigenvalue weighted by Gasteiger charge is -2.13. The third-order valence-electron chi connectivity index (χ3n) is 4.95. The van der Waals surface area contributed by atoms with Gasteiger partial charge in [-0.3, -0.25) is 18.8 Å². The summed E-state index contributed by atoms with van der Waals surface area (Å²) >= 11 is 0. The molecule has 0 saturated carbocycles. The summed E-state index contributed by atoms with van der Waals surface area (Å²) in [5, 5.41) is 24.9. The lowest BCUT2D eigenvalue weighted by atomic mass is 10.2. The van der Waals surface area contributed by atoms with E-state index in [4.69, 9.17) is 5.11 Å². The topological polar surface area (TPSA) is 120 Å². The van der Waals surface area contributed by atoms with Crippen LogP contribution in [0.5, 0.6) is 0 Å². The van der Waals surface area contributed by atoms with Gasteiger partial charge in [0.25, 0.3) is 0 Å². The fourth-order valence-corrected chi connectivity index (χ4v) is 3.08. The van der Waals surface area contributed by atoms with Crippen LogP contribution in [0.25, 0.3) is 0 Å². The molecule has 2 N–H and O–H groups in total. The van der Waals surface area contributed by atoms with Crippen LogP contribution in [0.3, 0.4) is 0 Å². The molecule has 1 unspecified atom stereocenters. The summed E-state index contributed by atoms with van der Waals surface area (Å²) in [6.45, 7) is 10.8. The van der Waals surface area contributed by atoms with Crippen LogP contribution in [0, 0.1) is 20.8 Å². The molecule has 29 heavy (non-hydrogen) atoms. The van der Waals surface area contributed by atoms with Gasteiger partial charge in [0.15, 0.2) is 0 Å². The van der Waals surface area contributed by atoms with Crippen molar-refractivity contribution in [3.05, 3.63) is 46.8 Å². The third-order valence-corrected chi connectivity index (χ3v) is 4.95. The maximum Gasteiger partial charge on any atom is 0.338 e. The Labute approximate surface area is 168 Å². The lowest BCUT2D eigenvalue weighted by Crippen LogP contribution is -2.24. The molecule has 0 spiro atoms. The van der Waals surface area contributed by atoms with Crippen LogP contribution in [0.2, 0.25) is 0 Å². The number of carboxylic acids is 1. The molecule has 154 valence electrons. The predicted octanol–water partition coefficient (Wildman–Crippen LogP) is 2.17. The van der Waals surface area contributed by atoms with Crippen LogP contribution in [0.1, 0.15) is 52.9 Å². The molecule has 1 amide bonds. The standard InChI is InChI=1S/C19H25N7O3/c1-6-24-8-16(11(2)22-24)10-26-13(4)17(12(3)23-26)21-18(27)14(5)25-9-15(7-20-25)19(28)29/h7-9,14H,6,10H2,1-5H3,(H,21,27)(H,28,29). The number of anilines is 1. The number of aromatic carboxylic acids is 1. The van der Waals surface area contributed by atoms with Crippen molar-refractivity contribution in [3.8, 4) is 0 Å². The van der Waals surface area contributed by atoms with E-state index in [1.807, 2.05) is 43.3 Å². The second kappa shape index (κ2) is 7.90. The number of nitrogens with zero attached hydrogens (tertiary/aromatic N) is 6. The van der Waals surface area contributed by atoms with E-state index in [0.717, 1.165) is 23.5 Å². The Kier molecular flexibility index (Phi) is 5.53. The average molecular weight is 399 g/mol. The van der Waals surface area contributed by atoms with E-state index in [1.165, 1.54) is 17.1 Å². The number of carbonyl (C=O) groups is 2. The molecule has 10 heteroatoms. The Morgan fingerprint density at radius 2 is 1.90 bits per heavy atom. The molecule has 3 heterocycles. The van der Waals surface area contributed by atoms with Crippen molar-refractivity contribution in [1.82, 2.24) is 29.3 Å². The van der Waals surface area contributed by atoms with Gasteiger partial charge in [-0.1, -0.05) is 0 Å². The summed E-state index contributed by atoms with van der Waals surface area (Å²) in [4.78, 5) is 23.7. The number of nitrogens with one attached hydrogen (secondary N) is 1. The normalized spacial score (nSPS) is 12.2. The minimum absolute atomic E-state index is 0.0350. The highest BCUT2D eigenvalue weighted by Gasteiger charge is 2.21. The van der Waals surface area contributed by atoms with Crippen LogP contribution in [-0.4, -0.2) is 46.3 Å². The number of hydrogen-bond donors (Lipinski definition) is 2. The molecule has 0 aliphatic rings. The zero-order valence-corrected chi connectivity index (χ0v) is 17.2. The minimum atomic E-state index is -1.08. The van der Waals surface area contributed by atoms with Gasteiger partial charge in [0.2, 0.25) is 5.91 Å². The summed E-state index contributed by atoms with van der Waals surface area (Å²) in [6.07, 6.45) is 4.56.